The lowest BCUT2D eigenvalue weighted by molar-refractivity contribution is -0.152. The van der Waals surface area contributed by atoms with E-state index in [0.29, 0.717) is 11.4 Å². The molecule has 0 saturated carbocycles. The predicted molar refractivity (Wildman–Crippen MR) is 68.6 cm³/mol. The van der Waals surface area contributed by atoms with Crippen molar-refractivity contribution in [2.24, 2.45) is 11.1 Å². The number of rotatable bonds is 3. The van der Waals surface area contributed by atoms with Crippen molar-refractivity contribution in [3.8, 4) is 0 Å². The molecular formula is C11H18ClN3O2. The molecule has 0 fully saturated rings. The van der Waals surface area contributed by atoms with Gasteiger partial charge in [-0.3, -0.25) is 4.79 Å². The SMILES string of the molecule is COC(=O)C(C)(C)[C@H](N)c1cccnc1N.Cl. The molecule has 96 valence electrons. The van der Waals surface area contributed by atoms with E-state index >= 15 is 0 Å². The third-order valence-electron chi connectivity index (χ3n) is 2.70. The van der Waals surface area contributed by atoms with Crippen LogP contribution < -0.4 is 11.5 Å². The van der Waals surface area contributed by atoms with Crippen LogP contribution in [-0.2, 0) is 9.53 Å². The molecule has 0 spiro atoms. The Bertz CT molecular complexity index is 396. The third-order valence-corrected chi connectivity index (χ3v) is 2.70. The fraction of sp³-hybridized carbons (Fsp3) is 0.455. The summed E-state index contributed by atoms with van der Waals surface area (Å²) >= 11 is 0. The van der Waals surface area contributed by atoms with Crippen LogP contribution in [0.5, 0.6) is 0 Å². The number of aromatic nitrogens is 1. The lowest BCUT2D eigenvalue weighted by Crippen LogP contribution is -2.37. The van der Waals surface area contributed by atoms with Crippen LogP contribution in [0.3, 0.4) is 0 Å². The number of hydrogen-bond donors (Lipinski definition) is 2. The van der Waals surface area contributed by atoms with Crippen molar-refractivity contribution in [3.05, 3.63) is 23.9 Å². The molecule has 0 bridgehead atoms. The number of pyridine rings is 1. The van der Waals surface area contributed by atoms with Crippen molar-refractivity contribution in [3.63, 3.8) is 0 Å². The molecule has 1 aromatic heterocycles. The molecule has 0 aliphatic heterocycles. The molecule has 1 aromatic rings. The Hall–Kier alpha value is -1.33. The number of nitrogens with two attached hydrogens (primary N) is 2. The molecule has 1 heterocycles. The first kappa shape index (κ1) is 15.7. The minimum Gasteiger partial charge on any atom is -0.469 e. The Morgan fingerprint density at radius 1 is 1.53 bits per heavy atom. The van der Waals surface area contributed by atoms with Gasteiger partial charge in [0, 0.05) is 17.8 Å². The summed E-state index contributed by atoms with van der Waals surface area (Å²) in [7, 11) is 1.34. The van der Waals surface area contributed by atoms with Gasteiger partial charge in [0.2, 0.25) is 0 Å². The Balaban J connectivity index is 0.00000256. The van der Waals surface area contributed by atoms with E-state index in [-0.39, 0.29) is 18.4 Å². The van der Waals surface area contributed by atoms with Gasteiger partial charge in [-0.2, -0.15) is 0 Å². The number of nitrogen functional groups attached to an aromatic ring is 1. The van der Waals surface area contributed by atoms with Gasteiger partial charge in [0.05, 0.1) is 12.5 Å². The van der Waals surface area contributed by atoms with E-state index in [1.165, 1.54) is 7.11 Å². The number of carbonyl (C=O) groups excluding carboxylic acids is 1. The maximum atomic E-state index is 11.6. The molecule has 0 aliphatic carbocycles. The van der Waals surface area contributed by atoms with Crippen molar-refractivity contribution in [1.29, 1.82) is 0 Å². The van der Waals surface area contributed by atoms with E-state index < -0.39 is 11.5 Å². The molecule has 5 nitrogen and oxygen atoms in total. The molecule has 0 radical (unpaired) electrons. The summed E-state index contributed by atoms with van der Waals surface area (Å²) in [6.07, 6.45) is 1.58. The maximum Gasteiger partial charge on any atom is 0.313 e. The van der Waals surface area contributed by atoms with Crippen LogP contribution >= 0.6 is 12.4 Å². The topological polar surface area (TPSA) is 91.2 Å². The van der Waals surface area contributed by atoms with E-state index in [9.17, 15) is 4.79 Å². The Morgan fingerprint density at radius 3 is 2.59 bits per heavy atom. The number of methoxy groups -OCH3 is 1. The van der Waals surface area contributed by atoms with E-state index in [4.69, 9.17) is 16.2 Å². The number of anilines is 1. The van der Waals surface area contributed by atoms with E-state index in [0.717, 1.165) is 0 Å². The second-order valence-corrected chi connectivity index (χ2v) is 4.17. The summed E-state index contributed by atoms with van der Waals surface area (Å²) in [6.45, 7) is 3.44. The molecule has 1 rings (SSSR count). The number of ether oxygens (including phenoxy) is 1. The first-order valence-electron chi connectivity index (χ1n) is 4.95. The smallest absolute Gasteiger partial charge is 0.313 e. The molecule has 1 atom stereocenters. The van der Waals surface area contributed by atoms with Gasteiger partial charge in [-0.05, 0) is 19.9 Å². The van der Waals surface area contributed by atoms with Crippen molar-refractivity contribution in [2.75, 3.05) is 12.8 Å². The minimum absolute atomic E-state index is 0. The van der Waals surface area contributed by atoms with E-state index in [1.807, 2.05) is 0 Å². The molecule has 0 unspecified atom stereocenters. The number of esters is 1. The summed E-state index contributed by atoms with van der Waals surface area (Å²) in [5, 5.41) is 0. The van der Waals surface area contributed by atoms with Gasteiger partial charge in [0.25, 0.3) is 0 Å². The molecule has 0 amide bonds. The lowest BCUT2D eigenvalue weighted by atomic mass is 9.81. The van der Waals surface area contributed by atoms with E-state index in [2.05, 4.69) is 4.98 Å². The predicted octanol–water partition coefficient (Wildman–Crippen LogP) is 1.28. The first-order chi connectivity index (χ1) is 7.41. The highest BCUT2D eigenvalue weighted by Gasteiger charge is 2.37. The van der Waals surface area contributed by atoms with Crippen molar-refractivity contribution in [2.45, 2.75) is 19.9 Å². The standard InChI is InChI=1S/C11H17N3O2.ClH/c1-11(2,10(15)16-3)8(12)7-5-4-6-14-9(7)13;/h4-6,8H,12H2,1-3H3,(H2,13,14);1H/t8-;/m1./s1. The summed E-state index contributed by atoms with van der Waals surface area (Å²) < 4.78 is 4.72. The zero-order valence-electron chi connectivity index (χ0n) is 10.1. The number of halogens is 1. The van der Waals surface area contributed by atoms with Crippen LogP contribution in [0.2, 0.25) is 0 Å². The fourth-order valence-corrected chi connectivity index (χ4v) is 1.47. The van der Waals surface area contributed by atoms with Gasteiger partial charge in [0.1, 0.15) is 5.82 Å². The van der Waals surface area contributed by atoms with Crippen LogP contribution in [0.1, 0.15) is 25.5 Å². The van der Waals surface area contributed by atoms with E-state index in [1.54, 1.807) is 32.2 Å². The number of carbonyl (C=O) groups is 1. The quantitative estimate of drug-likeness (QED) is 0.798. The summed E-state index contributed by atoms with van der Waals surface area (Å²) in [5.41, 5.74) is 11.6. The minimum atomic E-state index is -0.841. The summed E-state index contributed by atoms with van der Waals surface area (Å²) in [6, 6.07) is 2.95. The Morgan fingerprint density at radius 2 is 2.12 bits per heavy atom. The van der Waals surface area contributed by atoms with Gasteiger partial charge in [-0.25, -0.2) is 4.98 Å². The molecule has 17 heavy (non-hydrogen) atoms. The van der Waals surface area contributed by atoms with Crippen molar-refractivity contribution in [1.82, 2.24) is 4.98 Å². The van der Waals surface area contributed by atoms with Gasteiger partial charge >= 0.3 is 5.97 Å². The highest BCUT2D eigenvalue weighted by molar-refractivity contribution is 5.85. The molecular weight excluding hydrogens is 242 g/mol. The Kier molecular flexibility index (Phi) is 5.38. The zero-order valence-corrected chi connectivity index (χ0v) is 11.0. The zero-order chi connectivity index (χ0) is 12.3. The monoisotopic (exact) mass is 259 g/mol. The summed E-state index contributed by atoms with van der Waals surface area (Å²) in [4.78, 5) is 15.5. The largest absolute Gasteiger partial charge is 0.469 e. The highest BCUT2D eigenvalue weighted by Crippen LogP contribution is 2.34. The Labute approximate surface area is 107 Å². The van der Waals surface area contributed by atoms with Crippen LogP contribution in [0.25, 0.3) is 0 Å². The van der Waals surface area contributed by atoms with Crippen LogP contribution in [0.4, 0.5) is 5.82 Å². The number of nitrogens with zero attached hydrogens (tertiary/aromatic N) is 1. The van der Waals surface area contributed by atoms with Gasteiger partial charge in [-0.1, -0.05) is 6.07 Å². The van der Waals surface area contributed by atoms with Gasteiger partial charge < -0.3 is 16.2 Å². The van der Waals surface area contributed by atoms with Crippen LogP contribution in [-0.4, -0.2) is 18.1 Å². The van der Waals surface area contributed by atoms with Crippen molar-refractivity contribution < 1.29 is 9.53 Å². The number of hydrogen-bond acceptors (Lipinski definition) is 5. The average Bonchev–Trinajstić information content (AvgIpc) is 2.27. The fourth-order valence-electron chi connectivity index (χ4n) is 1.47. The molecule has 0 aromatic carbocycles. The molecule has 0 aliphatic rings. The van der Waals surface area contributed by atoms with Crippen LogP contribution in [0, 0.1) is 5.41 Å². The summed E-state index contributed by atoms with van der Waals surface area (Å²) in [5.74, 6) is -0.0322. The second-order valence-electron chi connectivity index (χ2n) is 4.17. The second kappa shape index (κ2) is 5.84. The average molecular weight is 260 g/mol. The third kappa shape index (κ3) is 3.08. The normalized spacial score (nSPS) is 12.5. The van der Waals surface area contributed by atoms with Crippen molar-refractivity contribution >= 4 is 24.2 Å². The highest BCUT2D eigenvalue weighted by atomic mass is 35.5. The molecule has 0 saturated heterocycles. The van der Waals surface area contributed by atoms with Gasteiger partial charge in [-0.15, -0.1) is 12.4 Å². The lowest BCUT2D eigenvalue weighted by Gasteiger charge is -2.29. The molecule has 6 heteroatoms. The maximum absolute atomic E-state index is 11.6. The molecule has 4 N–H and O–H groups in total. The first-order valence-corrected chi connectivity index (χ1v) is 4.95. The van der Waals surface area contributed by atoms with Gasteiger partial charge in [0.15, 0.2) is 0 Å². The van der Waals surface area contributed by atoms with Crippen LogP contribution in [0.15, 0.2) is 18.3 Å².